The summed E-state index contributed by atoms with van der Waals surface area (Å²) in [4.78, 5) is 0. The maximum Gasteiger partial charge on any atom is 0.134 e. The van der Waals surface area contributed by atoms with Gasteiger partial charge in [-0.2, -0.15) is 0 Å². The van der Waals surface area contributed by atoms with Crippen molar-refractivity contribution < 1.29 is 4.42 Å². The molecule has 0 unspecified atom stereocenters. The van der Waals surface area contributed by atoms with Gasteiger partial charge in [0, 0.05) is 21.8 Å². The Morgan fingerprint density at radius 2 is 1.90 bits per heavy atom. The van der Waals surface area contributed by atoms with Crippen molar-refractivity contribution in [1.82, 2.24) is 0 Å². The molecule has 2 aromatic carbocycles. The molecule has 1 aromatic heterocycles. The largest absolute Gasteiger partial charge is 0.460 e. The lowest BCUT2D eigenvalue weighted by Gasteiger charge is -2.04. The van der Waals surface area contributed by atoms with Gasteiger partial charge < -0.3 is 4.42 Å². The summed E-state index contributed by atoms with van der Waals surface area (Å²) in [6.45, 7) is 0. The van der Waals surface area contributed by atoms with Crippen LogP contribution in [0.25, 0.3) is 28.2 Å². The third-order valence-electron chi connectivity index (χ3n) is 3.78. The van der Waals surface area contributed by atoms with E-state index in [9.17, 15) is 0 Å². The molecule has 1 aliphatic carbocycles. The number of halogens is 1. The molecule has 0 saturated heterocycles. The second-order valence-electron chi connectivity index (χ2n) is 5.10. The van der Waals surface area contributed by atoms with E-state index in [2.05, 4.69) is 64.5 Å². The number of benzene rings is 2. The summed E-state index contributed by atoms with van der Waals surface area (Å²) in [5.41, 5.74) is 4.68. The molecule has 0 saturated carbocycles. The molecule has 1 nitrogen and oxygen atoms in total. The molecule has 0 amide bonds. The van der Waals surface area contributed by atoms with Gasteiger partial charge in [-0.05, 0) is 41.8 Å². The normalized spacial score (nSPS) is 13.7. The summed E-state index contributed by atoms with van der Waals surface area (Å²) in [6.07, 6.45) is 6.50. The minimum atomic E-state index is 0.986. The molecule has 0 aliphatic heterocycles. The summed E-state index contributed by atoms with van der Waals surface area (Å²) in [6, 6.07) is 14.8. The van der Waals surface area contributed by atoms with Crippen LogP contribution < -0.4 is 0 Å². The third-order valence-corrected chi connectivity index (χ3v) is 4.28. The SMILES string of the molecule is Brc1cccc(-c2ccc3oc4c(c3c2)C=CCC4)c1. The van der Waals surface area contributed by atoms with Crippen molar-refractivity contribution in [1.29, 1.82) is 0 Å². The van der Waals surface area contributed by atoms with Crippen LogP contribution >= 0.6 is 15.9 Å². The number of aryl methyl sites for hydroxylation is 1. The lowest BCUT2D eigenvalue weighted by atomic mass is 9.99. The summed E-state index contributed by atoms with van der Waals surface area (Å²) in [5.74, 6) is 1.12. The van der Waals surface area contributed by atoms with Gasteiger partial charge in [-0.15, -0.1) is 0 Å². The summed E-state index contributed by atoms with van der Waals surface area (Å²) < 4.78 is 7.05. The smallest absolute Gasteiger partial charge is 0.134 e. The molecule has 0 bridgehead atoms. The maximum absolute atomic E-state index is 5.94. The van der Waals surface area contributed by atoms with Crippen molar-refractivity contribution >= 4 is 33.0 Å². The molecule has 0 atom stereocenters. The van der Waals surface area contributed by atoms with Crippen LogP contribution in [0.5, 0.6) is 0 Å². The lowest BCUT2D eigenvalue weighted by Crippen LogP contribution is -1.88. The standard InChI is InChI=1S/C18H13BrO/c19-14-5-3-4-12(10-14)13-8-9-18-16(11-13)15-6-1-2-7-17(15)20-18/h1,3-6,8-11H,2,7H2. The highest BCUT2D eigenvalue weighted by Gasteiger charge is 2.14. The predicted molar refractivity (Wildman–Crippen MR) is 86.7 cm³/mol. The Balaban J connectivity index is 1.93. The summed E-state index contributed by atoms with van der Waals surface area (Å²) in [7, 11) is 0. The van der Waals surface area contributed by atoms with Crippen molar-refractivity contribution in [2.24, 2.45) is 0 Å². The van der Waals surface area contributed by atoms with Gasteiger partial charge in [-0.25, -0.2) is 0 Å². The molecule has 0 fully saturated rings. The molecular formula is C18H13BrO. The minimum absolute atomic E-state index is 0.986. The van der Waals surface area contributed by atoms with Crippen LogP contribution in [0.1, 0.15) is 17.7 Å². The monoisotopic (exact) mass is 324 g/mol. The zero-order valence-electron chi connectivity index (χ0n) is 10.9. The highest BCUT2D eigenvalue weighted by atomic mass is 79.9. The number of rotatable bonds is 1. The van der Waals surface area contributed by atoms with Gasteiger partial charge in [0.25, 0.3) is 0 Å². The first-order valence-electron chi connectivity index (χ1n) is 6.79. The van der Waals surface area contributed by atoms with E-state index in [0.29, 0.717) is 0 Å². The van der Waals surface area contributed by atoms with Gasteiger partial charge in [-0.1, -0.05) is 46.3 Å². The van der Waals surface area contributed by atoms with Gasteiger partial charge in [0.2, 0.25) is 0 Å². The van der Waals surface area contributed by atoms with Crippen molar-refractivity contribution in [3.63, 3.8) is 0 Å². The Morgan fingerprint density at radius 3 is 2.80 bits per heavy atom. The van der Waals surface area contributed by atoms with E-state index < -0.39 is 0 Å². The Bertz CT molecular complexity index is 827. The molecule has 20 heavy (non-hydrogen) atoms. The molecule has 2 heteroatoms. The Kier molecular flexibility index (Phi) is 2.78. The van der Waals surface area contributed by atoms with E-state index in [1.165, 1.54) is 22.1 Å². The zero-order chi connectivity index (χ0) is 13.5. The van der Waals surface area contributed by atoms with Crippen LogP contribution in [0.2, 0.25) is 0 Å². The van der Waals surface area contributed by atoms with E-state index in [0.717, 1.165) is 28.7 Å². The zero-order valence-corrected chi connectivity index (χ0v) is 12.5. The number of furan rings is 1. The first-order chi connectivity index (χ1) is 9.81. The number of hydrogen-bond donors (Lipinski definition) is 0. The van der Waals surface area contributed by atoms with Gasteiger partial charge in [0.15, 0.2) is 0 Å². The highest BCUT2D eigenvalue weighted by Crippen LogP contribution is 2.34. The van der Waals surface area contributed by atoms with Gasteiger partial charge in [-0.3, -0.25) is 0 Å². The van der Waals surface area contributed by atoms with Crippen molar-refractivity contribution in [3.8, 4) is 11.1 Å². The van der Waals surface area contributed by atoms with E-state index in [-0.39, 0.29) is 0 Å². The molecule has 98 valence electrons. The van der Waals surface area contributed by atoms with Crippen LogP contribution in [-0.2, 0) is 6.42 Å². The van der Waals surface area contributed by atoms with Crippen molar-refractivity contribution in [2.75, 3.05) is 0 Å². The van der Waals surface area contributed by atoms with E-state index >= 15 is 0 Å². The Morgan fingerprint density at radius 1 is 1.00 bits per heavy atom. The first kappa shape index (κ1) is 12.0. The topological polar surface area (TPSA) is 13.1 Å². The Hall–Kier alpha value is -1.80. The number of hydrogen-bond acceptors (Lipinski definition) is 1. The van der Waals surface area contributed by atoms with Crippen molar-refractivity contribution in [2.45, 2.75) is 12.8 Å². The molecule has 3 aromatic rings. The quantitative estimate of drug-likeness (QED) is 0.549. The molecule has 4 rings (SSSR count). The van der Waals surface area contributed by atoms with E-state index in [1.807, 2.05) is 6.07 Å². The lowest BCUT2D eigenvalue weighted by molar-refractivity contribution is 0.546. The van der Waals surface area contributed by atoms with Crippen LogP contribution in [0.15, 0.2) is 57.4 Å². The number of fused-ring (bicyclic) bond motifs is 3. The second kappa shape index (κ2) is 4.64. The third kappa shape index (κ3) is 1.92. The fourth-order valence-corrected chi connectivity index (χ4v) is 3.20. The summed E-state index contributed by atoms with van der Waals surface area (Å²) in [5, 5.41) is 1.22. The summed E-state index contributed by atoms with van der Waals surface area (Å²) >= 11 is 3.53. The molecule has 0 spiro atoms. The molecule has 1 aliphatic rings. The van der Waals surface area contributed by atoms with Gasteiger partial charge >= 0.3 is 0 Å². The maximum atomic E-state index is 5.94. The predicted octanol–water partition coefficient (Wildman–Crippen LogP) is 5.82. The van der Waals surface area contributed by atoms with Crippen LogP contribution in [0.3, 0.4) is 0 Å². The average Bonchev–Trinajstić information content (AvgIpc) is 2.85. The molecular weight excluding hydrogens is 312 g/mol. The number of allylic oxidation sites excluding steroid dienone is 1. The molecule has 0 N–H and O–H groups in total. The van der Waals surface area contributed by atoms with E-state index in [1.54, 1.807) is 0 Å². The van der Waals surface area contributed by atoms with Crippen LogP contribution in [-0.4, -0.2) is 0 Å². The highest BCUT2D eigenvalue weighted by molar-refractivity contribution is 9.10. The fourth-order valence-electron chi connectivity index (χ4n) is 2.80. The Labute approximate surface area is 126 Å². The second-order valence-corrected chi connectivity index (χ2v) is 6.02. The minimum Gasteiger partial charge on any atom is -0.460 e. The van der Waals surface area contributed by atoms with Crippen molar-refractivity contribution in [3.05, 3.63) is 64.3 Å². The van der Waals surface area contributed by atoms with Crippen LogP contribution in [0, 0.1) is 0 Å². The average molecular weight is 325 g/mol. The van der Waals surface area contributed by atoms with Crippen LogP contribution in [0.4, 0.5) is 0 Å². The van der Waals surface area contributed by atoms with E-state index in [4.69, 9.17) is 4.42 Å². The van der Waals surface area contributed by atoms with Gasteiger partial charge in [0.05, 0.1) is 0 Å². The molecule has 0 radical (unpaired) electrons. The van der Waals surface area contributed by atoms with Gasteiger partial charge in [0.1, 0.15) is 11.3 Å². The fraction of sp³-hybridized carbons (Fsp3) is 0.111. The molecule has 1 heterocycles. The first-order valence-corrected chi connectivity index (χ1v) is 7.58.